The van der Waals surface area contributed by atoms with Crippen molar-refractivity contribution in [3.05, 3.63) is 82.7 Å². The molecule has 4 rings (SSSR count). The Kier molecular flexibility index (Phi) is 9.75. The van der Waals surface area contributed by atoms with Crippen LogP contribution in [0.15, 0.2) is 65.9 Å². The lowest BCUT2D eigenvalue weighted by atomic mass is 10.2. The maximum Gasteiger partial charge on any atom is 0.284 e. The molecule has 0 saturated carbocycles. The molecule has 0 aliphatic carbocycles. The summed E-state index contributed by atoms with van der Waals surface area (Å²) >= 11 is 0. The highest BCUT2D eigenvalue weighted by atomic mass is 16.5. The van der Waals surface area contributed by atoms with Gasteiger partial charge in [0.05, 0.1) is 23.6 Å². The molecule has 0 saturated heterocycles. The SMILES string of the molecule is C/C=C\C=C(/C)n1c(=O)c(C(=O)Nc2ncc(Oc3ccnc4cc(O)ccc34)cn2)c(C)n1CCC.CC. The number of aromatic hydroxyl groups is 1. The number of nitrogens with one attached hydrogen (secondary N) is 1. The van der Waals surface area contributed by atoms with E-state index in [2.05, 4.69) is 20.3 Å². The van der Waals surface area contributed by atoms with Crippen LogP contribution in [0, 0.1) is 6.92 Å². The molecule has 0 atom stereocenters. The highest BCUT2D eigenvalue weighted by Crippen LogP contribution is 2.30. The second-order valence-electron chi connectivity index (χ2n) is 8.34. The Morgan fingerprint density at radius 1 is 1.15 bits per heavy atom. The number of pyridine rings is 1. The molecule has 0 bridgehead atoms. The molecular weight excluding hydrogens is 496 g/mol. The van der Waals surface area contributed by atoms with Gasteiger partial charge in [-0.05, 0) is 51.5 Å². The Morgan fingerprint density at radius 2 is 1.87 bits per heavy atom. The molecular formula is C29H34N6O4. The van der Waals surface area contributed by atoms with Crippen LogP contribution in [-0.2, 0) is 6.54 Å². The minimum atomic E-state index is -0.585. The van der Waals surface area contributed by atoms with Crippen molar-refractivity contribution in [3.63, 3.8) is 0 Å². The second-order valence-corrected chi connectivity index (χ2v) is 8.34. The van der Waals surface area contributed by atoms with Crippen molar-refractivity contribution in [2.45, 2.75) is 54.5 Å². The highest BCUT2D eigenvalue weighted by Gasteiger charge is 2.24. The Hall–Kier alpha value is -4.73. The number of aromatic nitrogens is 5. The summed E-state index contributed by atoms with van der Waals surface area (Å²) in [5.41, 5.74) is 1.48. The van der Waals surface area contributed by atoms with Gasteiger partial charge in [-0.15, -0.1) is 0 Å². The molecule has 204 valence electrons. The van der Waals surface area contributed by atoms with Gasteiger partial charge in [0, 0.05) is 29.9 Å². The summed E-state index contributed by atoms with van der Waals surface area (Å²) < 4.78 is 9.22. The number of carbonyl (C=O) groups is 1. The van der Waals surface area contributed by atoms with Crippen LogP contribution in [0.25, 0.3) is 16.6 Å². The van der Waals surface area contributed by atoms with Crippen LogP contribution in [-0.4, -0.2) is 35.3 Å². The zero-order chi connectivity index (χ0) is 28.5. The van der Waals surface area contributed by atoms with Gasteiger partial charge in [0.15, 0.2) is 5.75 Å². The van der Waals surface area contributed by atoms with Crippen LogP contribution >= 0.6 is 0 Å². The number of benzene rings is 1. The third-order valence-electron chi connectivity index (χ3n) is 5.69. The molecule has 0 spiro atoms. The van der Waals surface area contributed by atoms with Gasteiger partial charge in [0.25, 0.3) is 11.5 Å². The zero-order valence-corrected chi connectivity index (χ0v) is 23.1. The number of allylic oxidation sites excluding steroid dienone is 4. The fourth-order valence-corrected chi connectivity index (χ4v) is 3.97. The van der Waals surface area contributed by atoms with Gasteiger partial charge >= 0.3 is 0 Å². The first kappa shape index (κ1) is 28.8. The van der Waals surface area contributed by atoms with Crippen molar-refractivity contribution < 1.29 is 14.6 Å². The number of fused-ring (bicyclic) bond motifs is 1. The number of rotatable bonds is 8. The maximum absolute atomic E-state index is 13.2. The first-order chi connectivity index (χ1) is 18.8. The molecule has 10 heteroatoms. The van der Waals surface area contributed by atoms with Crippen molar-refractivity contribution in [2.24, 2.45) is 0 Å². The van der Waals surface area contributed by atoms with E-state index in [0.717, 1.165) is 6.42 Å². The van der Waals surface area contributed by atoms with Crippen LogP contribution in [0.3, 0.4) is 0 Å². The van der Waals surface area contributed by atoms with Crippen LogP contribution in [0.1, 0.15) is 57.1 Å². The predicted octanol–water partition coefficient (Wildman–Crippen LogP) is 5.92. The summed E-state index contributed by atoms with van der Waals surface area (Å²) in [6.07, 6.45) is 10.8. The van der Waals surface area contributed by atoms with E-state index >= 15 is 0 Å². The number of hydrogen-bond donors (Lipinski definition) is 2. The van der Waals surface area contributed by atoms with Gasteiger partial charge in [-0.2, -0.15) is 0 Å². The highest BCUT2D eigenvalue weighted by molar-refractivity contribution is 6.04. The van der Waals surface area contributed by atoms with E-state index in [9.17, 15) is 14.7 Å². The number of ether oxygens (including phenoxy) is 1. The Morgan fingerprint density at radius 3 is 2.54 bits per heavy atom. The average molecular weight is 531 g/mol. The summed E-state index contributed by atoms with van der Waals surface area (Å²) in [5, 5.41) is 13.0. The molecule has 4 aromatic rings. The van der Waals surface area contributed by atoms with Crippen molar-refractivity contribution in [1.82, 2.24) is 24.3 Å². The third-order valence-corrected chi connectivity index (χ3v) is 5.69. The molecule has 0 fully saturated rings. The number of hydrogen-bond acceptors (Lipinski definition) is 7. The van der Waals surface area contributed by atoms with Crippen molar-refractivity contribution >= 4 is 28.5 Å². The molecule has 0 aliphatic rings. The van der Waals surface area contributed by atoms with Gasteiger partial charge in [-0.3, -0.25) is 24.6 Å². The van der Waals surface area contributed by atoms with Crippen molar-refractivity contribution in [1.29, 1.82) is 0 Å². The lowest BCUT2D eigenvalue weighted by Gasteiger charge is -2.12. The molecule has 1 amide bonds. The van der Waals surface area contributed by atoms with Crippen LogP contribution in [0.4, 0.5) is 5.95 Å². The van der Waals surface area contributed by atoms with Gasteiger partial charge in [-0.1, -0.05) is 32.9 Å². The minimum absolute atomic E-state index is 0.0385. The molecule has 10 nitrogen and oxygen atoms in total. The molecule has 0 unspecified atom stereocenters. The first-order valence-electron chi connectivity index (χ1n) is 12.8. The topological polar surface area (TPSA) is 124 Å². The van der Waals surface area contributed by atoms with E-state index in [1.165, 1.54) is 17.1 Å². The number of anilines is 1. The lowest BCUT2D eigenvalue weighted by Crippen LogP contribution is -2.26. The number of carbonyl (C=O) groups excluding carboxylic acids is 1. The van der Waals surface area contributed by atoms with E-state index in [-0.39, 0.29) is 17.3 Å². The predicted molar refractivity (Wildman–Crippen MR) is 153 cm³/mol. The van der Waals surface area contributed by atoms with Crippen molar-refractivity contribution in [3.8, 4) is 17.2 Å². The van der Waals surface area contributed by atoms with Gasteiger partial charge < -0.3 is 9.84 Å². The van der Waals surface area contributed by atoms with Crippen LogP contribution in [0.2, 0.25) is 0 Å². The first-order valence-corrected chi connectivity index (χ1v) is 12.8. The normalized spacial score (nSPS) is 11.4. The molecule has 39 heavy (non-hydrogen) atoms. The smallest absolute Gasteiger partial charge is 0.284 e. The quantitative estimate of drug-likeness (QED) is 0.271. The second kappa shape index (κ2) is 13.2. The molecule has 0 radical (unpaired) electrons. The van der Waals surface area contributed by atoms with E-state index in [1.54, 1.807) is 37.4 Å². The lowest BCUT2D eigenvalue weighted by molar-refractivity contribution is 0.102. The summed E-state index contributed by atoms with van der Waals surface area (Å²) in [4.78, 5) is 38.9. The fourth-order valence-electron chi connectivity index (χ4n) is 3.97. The van der Waals surface area contributed by atoms with Crippen LogP contribution < -0.4 is 15.6 Å². The fraction of sp³-hybridized carbons (Fsp3) is 0.276. The maximum atomic E-state index is 13.2. The third kappa shape index (κ3) is 6.40. The summed E-state index contributed by atoms with van der Waals surface area (Å²) in [6.45, 7) is 12.1. The summed E-state index contributed by atoms with van der Waals surface area (Å²) in [6, 6.07) is 6.49. The van der Waals surface area contributed by atoms with Gasteiger partial charge in [-0.25, -0.2) is 14.6 Å². The van der Waals surface area contributed by atoms with Crippen LogP contribution in [0.5, 0.6) is 17.2 Å². The number of phenols is 1. The van der Waals surface area contributed by atoms with E-state index in [1.807, 2.05) is 57.5 Å². The standard InChI is InChI=1S/C27H28N6O4.C2H6/c1-5-7-8-17(3)33-26(36)24(18(4)32(33)13-6-2)25(35)31-27-29-15-20(16-30-27)37-23-11-12-28-22-14-19(34)9-10-21(22)23;1-2/h5,7-12,14-16,34H,6,13H2,1-4H3,(H,29,30,31,35);1-2H3/b7-5-,17-8+;. The number of phenolic OH excluding ortho intramolecular Hbond substituents is 1. The van der Waals surface area contributed by atoms with E-state index in [0.29, 0.717) is 40.3 Å². The number of nitrogens with zero attached hydrogens (tertiary/aromatic N) is 5. The zero-order valence-electron chi connectivity index (χ0n) is 23.1. The van der Waals surface area contributed by atoms with Crippen molar-refractivity contribution in [2.75, 3.05) is 5.32 Å². The minimum Gasteiger partial charge on any atom is -0.508 e. The Balaban J connectivity index is 0.00000205. The molecule has 0 aliphatic heterocycles. The van der Waals surface area contributed by atoms with Gasteiger partial charge in [0.1, 0.15) is 17.1 Å². The number of amides is 1. The summed E-state index contributed by atoms with van der Waals surface area (Å²) in [5.74, 6) is 0.419. The molecule has 1 aromatic carbocycles. The monoisotopic (exact) mass is 530 g/mol. The average Bonchev–Trinajstić information content (AvgIpc) is 3.18. The van der Waals surface area contributed by atoms with E-state index < -0.39 is 11.5 Å². The largest absolute Gasteiger partial charge is 0.508 e. The Labute approximate surface area is 227 Å². The van der Waals surface area contributed by atoms with Gasteiger partial charge in [0.2, 0.25) is 5.95 Å². The molecule has 2 N–H and O–H groups in total. The van der Waals surface area contributed by atoms with E-state index in [4.69, 9.17) is 4.74 Å². The summed E-state index contributed by atoms with van der Waals surface area (Å²) in [7, 11) is 0. The molecule has 3 heterocycles. The molecule has 3 aromatic heterocycles. The Bertz CT molecular complexity index is 1570.